The average Bonchev–Trinajstić information content (AvgIpc) is 3.19. The van der Waals surface area contributed by atoms with Crippen LogP contribution < -0.4 is 5.32 Å². The molecular formula is C16H32N2O2. The lowest BCUT2D eigenvalue weighted by Gasteiger charge is -2.32. The predicted molar refractivity (Wildman–Crippen MR) is 82.8 cm³/mol. The summed E-state index contributed by atoms with van der Waals surface area (Å²) in [6, 6.07) is 0.741. The summed E-state index contributed by atoms with van der Waals surface area (Å²) in [4.78, 5) is 14.7. The number of hydrogen-bond donors (Lipinski definition) is 1. The van der Waals surface area contributed by atoms with E-state index in [4.69, 9.17) is 4.74 Å². The molecule has 1 atom stereocenters. The van der Waals surface area contributed by atoms with Crippen molar-refractivity contribution in [3.63, 3.8) is 0 Å². The minimum atomic E-state index is -0.561. The van der Waals surface area contributed by atoms with Gasteiger partial charge in [-0.3, -0.25) is 4.79 Å². The first-order chi connectivity index (χ1) is 9.42. The van der Waals surface area contributed by atoms with Crippen molar-refractivity contribution >= 4 is 5.97 Å². The van der Waals surface area contributed by atoms with Gasteiger partial charge in [0.1, 0.15) is 5.54 Å². The number of hydrogen-bond acceptors (Lipinski definition) is 4. The topological polar surface area (TPSA) is 41.6 Å². The summed E-state index contributed by atoms with van der Waals surface area (Å²) < 4.78 is 5.23. The first kappa shape index (κ1) is 17.4. The van der Waals surface area contributed by atoms with Crippen molar-refractivity contribution in [3.05, 3.63) is 0 Å². The lowest BCUT2D eigenvalue weighted by molar-refractivity contribution is -0.151. The quantitative estimate of drug-likeness (QED) is 0.626. The van der Waals surface area contributed by atoms with Crippen LogP contribution in [0.2, 0.25) is 0 Å². The van der Waals surface area contributed by atoms with E-state index in [-0.39, 0.29) is 5.97 Å². The maximum atomic E-state index is 12.2. The third kappa shape index (κ3) is 5.41. The van der Waals surface area contributed by atoms with Crippen LogP contribution in [0.25, 0.3) is 0 Å². The molecule has 1 saturated carbocycles. The van der Waals surface area contributed by atoms with Gasteiger partial charge in [-0.05, 0) is 45.6 Å². The van der Waals surface area contributed by atoms with E-state index in [1.807, 2.05) is 20.8 Å². The van der Waals surface area contributed by atoms with Gasteiger partial charge >= 0.3 is 5.97 Å². The van der Waals surface area contributed by atoms with Crippen LogP contribution in [-0.4, -0.2) is 48.7 Å². The molecule has 0 bridgehead atoms. The van der Waals surface area contributed by atoms with Crippen molar-refractivity contribution < 1.29 is 9.53 Å². The number of rotatable bonds is 10. The maximum absolute atomic E-state index is 12.2. The molecule has 1 aliphatic carbocycles. The van der Waals surface area contributed by atoms with Crippen molar-refractivity contribution in [3.8, 4) is 0 Å². The first-order valence-electron chi connectivity index (χ1n) is 8.09. The van der Waals surface area contributed by atoms with Crippen LogP contribution in [0.4, 0.5) is 0 Å². The Bertz CT molecular complexity index is 303. The Morgan fingerprint density at radius 3 is 2.50 bits per heavy atom. The molecule has 1 aliphatic rings. The SMILES string of the molecule is CCNC(C)(CCN(CC(C)C)C1CC1)C(=O)OCC. The van der Waals surface area contributed by atoms with Crippen LogP contribution in [0.15, 0.2) is 0 Å². The molecule has 20 heavy (non-hydrogen) atoms. The maximum Gasteiger partial charge on any atom is 0.326 e. The van der Waals surface area contributed by atoms with Gasteiger partial charge in [-0.1, -0.05) is 20.8 Å². The molecule has 0 aliphatic heterocycles. The Labute approximate surface area is 124 Å². The fraction of sp³-hybridized carbons (Fsp3) is 0.938. The van der Waals surface area contributed by atoms with Gasteiger partial charge in [0.25, 0.3) is 0 Å². The highest BCUT2D eigenvalue weighted by Gasteiger charge is 2.36. The van der Waals surface area contributed by atoms with Gasteiger partial charge in [-0.2, -0.15) is 0 Å². The van der Waals surface area contributed by atoms with E-state index in [2.05, 4.69) is 24.1 Å². The van der Waals surface area contributed by atoms with Gasteiger partial charge in [0.05, 0.1) is 6.61 Å². The molecule has 1 unspecified atom stereocenters. The molecule has 0 aromatic carbocycles. The number of ether oxygens (including phenoxy) is 1. The smallest absolute Gasteiger partial charge is 0.326 e. The molecule has 4 nitrogen and oxygen atoms in total. The van der Waals surface area contributed by atoms with Crippen molar-refractivity contribution in [2.24, 2.45) is 5.92 Å². The van der Waals surface area contributed by atoms with Crippen molar-refractivity contribution in [2.45, 2.75) is 65.5 Å². The molecule has 0 aromatic heterocycles. The van der Waals surface area contributed by atoms with E-state index in [1.165, 1.54) is 12.8 Å². The molecule has 0 amide bonds. The van der Waals surface area contributed by atoms with Gasteiger partial charge in [-0.25, -0.2) is 0 Å². The molecule has 4 heteroatoms. The summed E-state index contributed by atoms with van der Waals surface area (Å²) in [7, 11) is 0. The largest absolute Gasteiger partial charge is 0.465 e. The number of likely N-dealkylation sites (N-methyl/N-ethyl adjacent to an activating group) is 1. The fourth-order valence-corrected chi connectivity index (χ4v) is 2.64. The highest BCUT2D eigenvalue weighted by molar-refractivity contribution is 5.80. The third-order valence-electron chi connectivity index (χ3n) is 3.85. The normalized spacial score (nSPS) is 18.4. The second-order valence-electron chi connectivity index (χ2n) is 6.45. The molecule has 1 rings (SSSR count). The predicted octanol–water partition coefficient (Wildman–Crippen LogP) is 2.43. The van der Waals surface area contributed by atoms with E-state index < -0.39 is 5.54 Å². The number of nitrogens with zero attached hydrogens (tertiary/aromatic N) is 1. The van der Waals surface area contributed by atoms with E-state index in [9.17, 15) is 4.79 Å². The van der Waals surface area contributed by atoms with Crippen LogP contribution in [0.1, 0.15) is 53.9 Å². The molecule has 118 valence electrons. The van der Waals surface area contributed by atoms with E-state index in [0.717, 1.165) is 32.1 Å². The number of esters is 1. The van der Waals surface area contributed by atoms with Crippen LogP contribution in [0.3, 0.4) is 0 Å². The summed E-state index contributed by atoms with van der Waals surface area (Å²) in [6.45, 7) is 13.7. The van der Waals surface area contributed by atoms with E-state index in [0.29, 0.717) is 12.5 Å². The molecule has 1 fully saturated rings. The average molecular weight is 284 g/mol. The highest BCUT2D eigenvalue weighted by Crippen LogP contribution is 2.28. The van der Waals surface area contributed by atoms with Crippen LogP contribution >= 0.6 is 0 Å². The Hall–Kier alpha value is -0.610. The Morgan fingerprint density at radius 1 is 1.40 bits per heavy atom. The Kier molecular flexibility index (Phi) is 6.96. The summed E-state index contributed by atoms with van der Waals surface area (Å²) in [5.41, 5.74) is -0.561. The molecule has 0 spiro atoms. The second kappa shape index (κ2) is 7.99. The zero-order valence-corrected chi connectivity index (χ0v) is 13.9. The lowest BCUT2D eigenvalue weighted by Crippen LogP contribution is -2.52. The zero-order chi connectivity index (χ0) is 15.2. The van der Waals surface area contributed by atoms with Gasteiger partial charge in [-0.15, -0.1) is 0 Å². The number of carbonyl (C=O) groups excluding carboxylic acids is 1. The minimum Gasteiger partial charge on any atom is -0.465 e. The molecule has 0 saturated heterocycles. The Morgan fingerprint density at radius 2 is 2.05 bits per heavy atom. The molecule has 0 radical (unpaired) electrons. The molecule has 0 heterocycles. The zero-order valence-electron chi connectivity index (χ0n) is 13.9. The van der Waals surface area contributed by atoms with Gasteiger partial charge < -0.3 is 15.0 Å². The summed E-state index contributed by atoms with van der Waals surface area (Å²) in [5.74, 6) is 0.547. The van der Waals surface area contributed by atoms with Crippen molar-refractivity contribution in [2.75, 3.05) is 26.2 Å². The summed E-state index contributed by atoms with van der Waals surface area (Å²) >= 11 is 0. The fourth-order valence-electron chi connectivity index (χ4n) is 2.64. The van der Waals surface area contributed by atoms with Gasteiger partial charge in [0.2, 0.25) is 0 Å². The van der Waals surface area contributed by atoms with Crippen LogP contribution in [-0.2, 0) is 9.53 Å². The third-order valence-corrected chi connectivity index (χ3v) is 3.85. The first-order valence-corrected chi connectivity index (χ1v) is 8.09. The van der Waals surface area contributed by atoms with E-state index in [1.54, 1.807) is 0 Å². The van der Waals surface area contributed by atoms with Crippen molar-refractivity contribution in [1.29, 1.82) is 0 Å². The summed E-state index contributed by atoms with van der Waals surface area (Å²) in [6.07, 6.45) is 3.43. The van der Waals surface area contributed by atoms with Crippen LogP contribution in [0.5, 0.6) is 0 Å². The highest BCUT2D eigenvalue weighted by atomic mass is 16.5. The van der Waals surface area contributed by atoms with Gasteiger partial charge in [0, 0.05) is 19.1 Å². The second-order valence-corrected chi connectivity index (χ2v) is 6.45. The standard InChI is InChI=1S/C16H32N2O2/c1-6-17-16(5,15(19)20-7-2)10-11-18(12-13(3)4)14-8-9-14/h13-14,17H,6-12H2,1-5H3. The van der Waals surface area contributed by atoms with E-state index >= 15 is 0 Å². The molecule has 1 N–H and O–H groups in total. The number of nitrogens with one attached hydrogen (secondary N) is 1. The minimum absolute atomic E-state index is 0.123. The molecule has 0 aromatic rings. The Balaban J connectivity index is 2.57. The number of carbonyl (C=O) groups is 1. The molecular weight excluding hydrogens is 252 g/mol. The van der Waals surface area contributed by atoms with Gasteiger partial charge in [0.15, 0.2) is 0 Å². The lowest BCUT2D eigenvalue weighted by atomic mass is 9.97. The monoisotopic (exact) mass is 284 g/mol. The summed E-state index contributed by atoms with van der Waals surface area (Å²) in [5, 5.41) is 3.31. The van der Waals surface area contributed by atoms with Crippen molar-refractivity contribution in [1.82, 2.24) is 10.2 Å². The van der Waals surface area contributed by atoms with Crippen LogP contribution in [0, 0.1) is 5.92 Å².